The second-order valence-corrected chi connectivity index (χ2v) is 5.35. The van der Waals surface area contributed by atoms with Gasteiger partial charge in [0.05, 0.1) is 0 Å². The lowest BCUT2D eigenvalue weighted by molar-refractivity contribution is -0.130. The van der Waals surface area contributed by atoms with Crippen LogP contribution in [-0.4, -0.2) is 31.4 Å². The highest BCUT2D eigenvalue weighted by Crippen LogP contribution is 2.15. The van der Waals surface area contributed by atoms with Crippen molar-refractivity contribution in [3.63, 3.8) is 0 Å². The van der Waals surface area contributed by atoms with Gasteiger partial charge in [0.25, 0.3) is 0 Å². The van der Waals surface area contributed by atoms with Gasteiger partial charge < -0.3 is 10.2 Å². The summed E-state index contributed by atoms with van der Waals surface area (Å²) in [5, 5.41) is 3.06. The molecule has 0 heterocycles. The first-order valence-electron chi connectivity index (χ1n) is 7.02. The number of amides is 1. The number of nitrogens with zero attached hydrogens (tertiary/aromatic N) is 1. The molecule has 1 amide bonds. The van der Waals surface area contributed by atoms with Crippen LogP contribution in [0.2, 0.25) is 0 Å². The van der Waals surface area contributed by atoms with Crippen LogP contribution in [0.15, 0.2) is 24.3 Å². The van der Waals surface area contributed by atoms with E-state index >= 15 is 0 Å². The average Bonchev–Trinajstić information content (AvgIpc) is 2.39. The molecule has 19 heavy (non-hydrogen) atoms. The number of benzene rings is 1. The van der Waals surface area contributed by atoms with Crippen LogP contribution in [0.4, 0.5) is 0 Å². The lowest BCUT2D eigenvalue weighted by Gasteiger charge is -2.17. The third-order valence-electron chi connectivity index (χ3n) is 3.31. The first-order chi connectivity index (χ1) is 9.04. The van der Waals surface area contributed by atoms with Gasteiger partial charge >= 0.3 is 0 Å². The molecule has 3 nitrogen and oxygen atoms in total. The highest BCUT2D eigenvalue weighted by Gasteiger charge is 2.08. The molecule has 0 saturated heterocycles. The fourth-order valence-corrected chi connectivity index (χ4v) is 1.98. The van der Waals surface area contributed by atoms with E-state index in [-0.39, 0.29) is 5.91 Å². The molecule has 0 bridgehead atoms. The molecule has 0 aromatic heterocycles. The molecule has 1 aromatic carbocycles. The van der Waals surface area contributed by atoms with E-state index < -0.39 is 0 Å². The molecule has 1 N–H and O–H groups in total. The van der Waals surface area contributed by atoms with Crippen LogP contribution in [0.3, 0.4) is 0 Å². The van der Waals surface area contributed by atoms with Gasteiger partial charge in [-0.1, -0.05) is 38.1 Å². The molecule has 106 valence electrons. The van der Waals surface area contributed by atoms with Gasteiger partial charge in [0.15, 0.2) is 0 Å². The van der Waals surface area contributed by atoms with Crippen molar-refractivity contribution >= 4 is 5.91 Å². The van der Waals surface area contributed by atoms with Crippen LogP contribution in [0, 0.1) is 0 Å². The van der Waals surface area contributed by atoms with E-state index in [2.05, 4.69) is 43.4 Å². The second kappa shape index (κ2) is 7.95. The lowest BCUT2D eigenvalue weighted by atomic mass is 10.0. The fourth-order valence-electron chi connectivity index (χ4n) is 1.98. The first kappa shape index (κ1) is 15.7. The average molecular weight is 262 g/mol. The van der Waals surface area contributed by atoms with Crippen molar-refractivity contribution in [3.8, 4) is 0 Å². The summed E-state index contributed by atoms with van der Waals surface area (Å²) in [6.07, 6.45) is 1.51. The zero-order chi connectivity index (χ0) is 14.3. The van der Waals surface area contributed by atoms with E-state index in [0.717, 1.165) is 13.0 Å². The Balaban J connectivity index is 2.47. The fraction of sp³-hybridized carbons (Fsp3) is 0.562. The van der Waals surface area contributed by atoms with Gasteiger partial charge in [0, 0.05) is 20.0 Å². The third-order valence-corrected chi connectivity index (χ3v) is 3.31. The number of nitrogens with one attached hydrogen (secondary N) is 1. The number of hydrogen-bond acceptors (Lipinski definition) is 2. The lowest BCUT2D eigenvalue weighted by Crippen LogP contribution is -2.26. The van der Waals surface area contributed by atoms with Crippen molar-refractivity contribution in [1.29, 1.82) is 0 Å². The Labute approximate surface area is 117 Å². The van der Waals surface area contributed by atoms with Crippen LogP contribution >= 0.6 is 0 Å². The summed E-state index contributed by atoms with van der Waals surface area (Å²) in [5.41, 5.74) is 2.53. The smallest absolute Gasteiger partial charge is 0.222 e. The maximum atomic E-state index is 11.9. The van der Waals surface area contributed by atoms with Gasteiger partial charge in [0.1, 0.15) is 0 Å². The molecule has 0 unspecified atom stereocenters. The summed E-state index contributed by atoms with van der Waals surface area (Å²) < 4.78 is 0. The van der Waals surface area contributed by atoms with Crippen LogP contribution in [0.5, 0.6) is 0 Å². The molecule has 0 atom stereocenters. The number of carbonyl (C=O) groups excluding carboxylic acids is 1. The van der Waals surface area contributed by atoms with Crippen molar-refractivity contribution in [1.82, 2.24) is 10.2 Å². The van der Waals surface area contributed by atoms with E-state index in [4.69, 9.17) is 0 Å². The van der Waals surface area contributed by atoms with Gasteiger partial charge in [-0.05, 0) is 37.1 Å². The van der Waals surface area contributed by atoms with Gasteiger partial charge in [0.2, 0.25) is 5.91 Å². The van der Waals surface area contributed by atoms with Gasteiger partial charge in [-0.2, -0.15) is 0 Å². The van der Waals surface area contributed by atoms with Crippen molar-refractivity contribution in [2.24, 2.45) is 0 Å². The number of hydrogen-bond donors (Lipinski definition) is 1. The van der Waals surface area contributed by atoms with Crippen molar-refractivity contribution in [2.45, 2.75) is 39.2 Å². The summed E-state index contributed by atoms with van der Waals surface area (Å²) in [6.45, 7) is 5.96. The second-order valence-electron chi connectivity index (χ2n) is 5.35. The Bertz CT molecular complexity index is 384. The topological polar surface area (TPSA) is 32.3 Å². The van der Waals surface area contributed by atoms with E-state index in [1.54, 1.807) is 4.90 Å². The monoisotopic (exact) mass is 262 g/mol. The maximum absolute atomic E-state index is 11.9. The minimum atomic E-state index is 0.211. The SMILES string of the molecule is CNCCCC(=O)N(C)Cc1ccc(C(C)C)cc1. The first-order valence-corrected chi connectivity index (χ1v) is 7.02. The van der Waals surface area contributed by atoms with E-state index in [9.17, 15) is 4.79 Å². The molecule has 3 heteroatoms. The summed E-state index contributed by atoms with van der Waals surface area (Å²) in [4.78, 5) is 13.7. The van der Waals surface area contributed by atoms with Crippen molar-refractivity contribution in [2.75, 3.05) is 20.6 Å². The van der Waals surface area contributed by atoms with Gasteiger partial charge in [-0.15, -0.1) is 0 Å². The molecular formula is C16H26N2O. The summed E-state index contributed by atoms with van der Waals surface area (Å²) >= 11 is 0. The van der Waals surface area contributed by atoms with E-state index in [1.807, 2.05) is 14.1 Å². The Morgan fingerprint density at radius 1 is 1.26 bits per heavy atom. The number of rotatable bonds is 7. The highest BCUT2D eigenvalue weighted by atomic mass is 16.2. The maximum Gasteiger partial charge on any atom is 0.222 e. The molecule has 0 aliphatic carbocycles. The van der Waals surface area contributed by atoms with Crippen molar-refractivity contribution < 1.29 is 4.79 Å². The van der Waals surface area contributed by atoms with Crippen LogP contribution in [-0.2, 0) is 11.3 Å². The van der Waals surface area contributed by atoms with Crippen LogP contribution < -0.4 is 5.32 Å². The molecule has 0 saturated carbocycles. The van der Waals surface area contributed by atoms with Gasteiger partial charge in [-0.3, -0.25) is 4.79 Å². The molecule has 1 aromatic rings. The quantitative estimate of drug-likeness (QED) is 0.766. The molecule has 0 radical (unpaired) electrons. The summed E-state index contributed by atoms with van der Waals surface area (Å²) in [6, 6.07) is 8.54. The normalized spacial score (nSPS) is 10.8. The molecule has 0 spiro atoms. The molecule has 0 aliphatic rings. The molecular weight excluding hydrogens is 236 g/mol. The Morgan fingerprint density at radius 3 is 2.42 bits per heavy atom. The molecule has 0 aliphatic heterocycles. The predicted molar refractivity (Wildman–Crippen MR) is 80.2 cm³/mol. The van der Waals surface area contributed by atoms with Gasteiger partial charge in [-0.25, -0.2) is 0 Å². The predicted octanol–water partition coefficient (Wildman–Crippen LogP) is 2.77. The largest absolute Gasteiger partial charge is 0.341 e. The Hall–Kier alpha value is -1.35. The third kappa shape index (κ3) is 5.43. The van der Waals surface area contributed by atoms with E-state index in [1.165, 1.54) is 11.1 Å². The minimum absolute atomic E-state index is 0.211. The zero-order valence-corrected chi connectivity index (χ0v) is 12.6. The van der Waals surface area contributed by atoms with Crippen molar-refractivity contribution in [3.05, 3.63) is 35.4 Å². The Kier molecular flexibility index (Phi) is 6.57. The molecule has 1 rings (SSSR count). The summed E-state index contributed by atoms with van der Waals surface area (Å²) in [5.74, 6) is 0.762. The Morgan fingerprint density at radius 2 is 1.89 bits per heavy atom. The van der Waals surface area contributed by atoms with Crippen LogP contribution in [0.25, 0.3) is 0 Å². The zero-order valence-electron chi connectivity index (χ0n) is 12.6. The highest BCUT2D eigenvalue weighted by molar-refractivity contribution is 5.75. The van der Waals surface area contributed by atoms with E-state index in [0.29, 0.717) is 18.9 Å². The minimum Gasteiger partial charge on any atom is -0.341 e. The molecule has 0 fully saturated rings. The van der Waals surface area contributed by atoms with Crippen LogP contribution in [0.1, 0.15) is 43.7 Å². The number of carbonyl (C=O) groups is 1. The summed E-state index contributed by atoms with van der Waals surface area (Å²) in [7, 11) is 3.78. The standard InChI is InChI=1S/C16H26N2O/c1-13(2)15-9-7-14(8-10-15)12-18(4)16(19)6-5-11-17-3/h7-10,13,17H,5-6,11-12H2,1-4H3.